The van der Waals surface area contributed by atoms with Crippen molar-refractivity contribution in [3.63, 3.8) is 0 Å². The third kappa shape index (κ3) is 7.96. The fraction of sp³-hybridized carbons (Fsp3) is 0.351. The number of benzene rings is 3. The molecule has 3 N–H and O–H groups in total. The average molecular weight is 655 g/mol. The molecule has 4 amide bonds. The molecule has 3 aromatic rings. The summed E-state index contributed by atoms with van der Waals surface area (Å²) in [5.41, 5.74) is 2.45. The van der Waals surface area contributed by atoms with Crippen LogP contribution in [0.5, 0.6) is 0 Å². The number of para-hydroxylation sites is 1. The number of carbonyl (C=O) groups excluding carboxylic acids is 3. The number of hydrogen-bond donors (Lipinski definition) is 3. The quantitative estimate of drug-likeness (QED) is 0.232. The lowest BCUT2D eigenvalue weighted by Gasteiger charge is -2.50. The van der Waals surface area contributed by atoms with E-state index in [0.29, 0.717) is 17.8 Å². The Morgan fingerprint density at radius 3 is 2.29 bits per heavy atom. The van der Waals surface area contributed by atoms with Crippen LogP contribution >= 0.6 is 0 Å². The number of carbonyl (C=O) groups is 4. The number of urea groups is 1. The number of hydrogen-bond acceptors (Lipinski definition) is 6. The first-order valence-electron chi connectivity index (χ1n) is 16.1. The fourth-order valence-corrected chi connectivity index (χ4v) is 6.39. The normalized spacial score (nSPS) is 17.2. The number of nitrogens with one attached hydrogen (secondary N) is 2. The Kier molecular flexibility index (Phi) is 10.7. The lowest BCUT2D eigenvalue weighted by Crippen LogP contribution is -2.67. The number of aliphatic carboxylic acids is 1. The number of carboxylic acid groups (broad SMARTS) is 1. The van der Waals surface area contributed by atoms with Crippen LogP contribution < -0.4 is 10.6 Å². The average Bonchev–Trinajstić information content (AvgIpc) is 3.60. The number of rotatable bonds is 12. The van der Waals surface area contributed by atoms with Gasteiger partial charge in [0.1, 0.15) is 17.8 Å². The number of piperazine rings is 1. The first-order chi connectivity index (χ1) is 23.1. The highest BCUT2D eigenvalue weighted by molar-refractivity contribution is 6.00. The van der Waals surface area contributed by atoms with Crippen LogP contribution in [-0.4, -0.2) is 70.2 Å². The summed E-state index contributed by atoms with van der Waals surface area (Å²) in [6.45, 7) is 6.17. The number of carboxylic acids is 1. The summed E-state index contributed by atoms with van der Waals surface area (Å²) >= 11 is 0. The van der Waals surface area contributed by atoms with Gasteiger partial charge in [-0.15, -0.1) is 0 Å². The van der Waals surface area contributed by atoms with Crippen LogP contribution in [0.4, 0.5) is 16.2 Å². The van der Waals surface area contributed by atoms with Gasteiger partial charge in [-0.3, -0.25) is 14.4 Å². The molecule has 2 aliphatic rings. The Morgan fingerprint density at radius 1 is 0.938 bits per heavy atom. The maximum Gasteiger partial charge on any atom is 0.323 e. The van der Waals surface area contributed by atoms with Crippen molar-refractivity contribution in [2.24, 2.45) is 5.92 Å². The van der Waals surface area contributed by atoms with Crippen LogP contribution in [0, 0.1) is 12.8 Å². The van der Waals surface area contributed by atoms with Gasteiger partial charge in [-0.05, 0) is 54.2 Å². The molecule has 48 heavy (non-hydrogen) atoms. The molecule has 11 nitrogen and oxygen atoms in total. The molecular weight excluding hydrogens is 612 g/mol. The van der Waals surface area contributed by atoms with E-state index in [2.05, 4.69) is 10.6 Å². The summed E-state index contributed by atoms with van der Waals surface area (Å²) in [6.07, 6.45) is 1.68. The first kappa shape index (κ1) is 34.0. The highest BCUT2D eigenvalue weighted by Gasteiger charge is 2.52. The van der Waals surface area contributed by atoms with Gasteiger partial charge in [0.15, 0.2) is 5.76 Å². The minimum atomic E-state index is -1.35. The minimum absolute atomic E-state index is 0.0595. The van der Waals surface area contributed by atoms with Gasteiger partial charge < -0.3 is 35.0 Å². The van der Waals surface area contributed by atoms with E-state index in [0.717, 1.165) is 16.7 Å². The van der Waals surface area contributed by atoms with Crippen molar-refractivity contribution >= 4 is 35.2 Å². The van der Waals surface area contributed by atoms with Crippen LogP contribution in [-0.2, 0) is 36.7 Å². The highest BCUT2D eigenvalue weighted by Crippen LogP contribution is 2.38. The zero-order chi connectivity index (χ0) is 34.3. The van der Waals surface area contributed by atoms with Crippen molar-refractivity contribution in [1.29, 1.82) is 0 Å². The lowest BCUT2D eigenvalue weighted by molar-refractivity contribution is -0.160. The van der Waals surface area contributed by atoms with Gasteiger partial charge >= 0.3 is 12.0 Å². The summed E-state index contributed by atoms with van der Waals surface area (Å²) in [5, 5.41) is 15.8. The van der Waals surface area contributed by atoms with Crippen LogP contribution in [0.3, 0.4) is 0 Å². The van der Waals surface area contributed by atoms with Crippen LogP contribution in [0.15, 0.2) is 90.9 Å². The molecule has 1 saturated heterocycles. The zero-order valence-electron chi connectivity index (χ0n) is 27.5. The Bertz CT molecular complexity index is 1660. The molecule has 0 bridgehead atoms. The number of ether oxygens (including phenoxy) is 2. The Morgan fingerprint density at radius 2 is 1.65 bits per heavy atom. The zero-order valence-corrected chi connectivity index (χ0v) is 27.5. The smallest absolute Gasteiger partial charge is 0.323 e. The van der Waals surface area contributed by atoms with Gasteiger partial charge in [-0.2, -0.15) is 0 Å². The van der Waals surface area contributed by atoms with E-state index in [1.165, 1.54) is 6.26 Å². The summed E-state index contributed by atoms with van der Waals surface area (Å²) in [4.78, 5) is 56.4. The SMILES string of the molecule is Cc1ccccc1NC(=O)Nc1ccc(CC(=O)N2CCN(C(CC(=O)O)(Cc3ccccc3)C3=COCO3)C(=O)C2CC(C)C)cc1. The summed E-state index contributed by atoms with van der Waals surface area (Å²) in [5.74, 6) is -1.25. The van der Waals surface area contributed by atoms with Crippen molar-refractivity contribution in [3.05, 3.63) is 108 Å². The second-order valence-corrected chi connectivity index (χ2v) is 12.7. The maximum absolute atomic E-state index is 14.5. The predicted molar refractivity (Wildman–Crippen MR) is 181 cm³/mol. The van der Waals surface area contributed by atoms with Gasteiger partial charge in [0.05, 0.1) is 12.8 Å². The Balaban J connectivity index is 1.33. The van der Waals surface area contributed by atoms with Crippen LogP contribution in [0.1, 0.15) is 43.4 Å². The third-order valence-electron chi connectivity index (χ3n) is 8.70. The number of aryl methyl sites for hydroxylation is 1. The van der Waals surface area contributed by atoms with Crippen LogP contribution in [0.25, 0.3) is 0 Å². The molecule has 2 aliphatic heterocycles. The summed E-state index contributed by atoms with van der Waals surface area (Å²) in [7, 11) is 0. The number of anilines is 2. The molecule has 0 spiro atoms. The predicted octanol–water partition coefficient (Wildman–Crippen LogP) is 5.57. The van der Waals surface area contributed by atoms with Crippen molar-refractivity contribution in [2.75, 3.05) is 30.5 Å². The van der Waals surface area contributed by atoms with Gasteiger partial charge in [-0.25, -0.2) is 4.79 Å². The lowest BCUT2D eigenvalue weighted by atomic mass is 9.82. The van der Waals surface area contributed by atoms with Crippen LogP contribution in [0.2, 0.25) is 0 Å². The molecule has 2 unspecified atom stereocenters. The monoisotopic (exact) mass is 654 g/mol. The van der Waals surface area contributed by atoms with E-state index >= 15 is 0 Å². The van der Waals surface area contributed by atoms with Gasteiger partial charge in [-0.1, -0.05) is 74.5 Å². The first-order valence-corrected chi connectivity index (χ1v) is 16.1. The molecular formula is C37H42N4O7. The van der Waals surface area contributed by atoms with E-state index in [1.807, 2.05) is 75.4 Å². The Labute approximate surface area is 280 Å². The minimum Gasteiger partial charge on any atom is -0.481 e. The molecule has 0 aromatic heterocycles. The van der Waals surface area contributed by atoms with Gasteiger partial charge in [0.25, 0.3) is 0 Å². The second-order valence-electron chi connectivity index (χ2n) is 12.7. The molecule has 2 heterocycles. The summed E-state index contributed by atoms with van der Waals surface area (Å²) < 4.78 is 11.2. The largest absolute Gasteiger partial charge is 0.481 e. The highest BCUT2D eigenvalue weighted by atomic mass is 16.7. The number of amides is 4. The van der Waals surface area contributed by atoms with E-state index in [4.69, 9.17) is 9.47 Å². The topological polar surface area (TPSA) is 138 Å². The number of nitrogens with zero attached hydrogens (tertiary/aromatic N) is 2. The van der Waals surface area contributed by atoms with Crippen molar-refractivity contribution in [3.8, 4) is 0 Å². The van der Waals surface area contributed by atoms with Crippen molar-refractivity contribution in [1.82, 2.24) is 9.80 Å². The standard InChI is InChI=1S/C37H42N4O7/c1-25(2)19-31-35(45)41(37(22-34(43)44,32-23-47-24-48-32)21-28-10-5-4-6-11-28)18-17-40(31)33(42)20-27-13-15-29(16-14-27)38-36(46)39-30-12-8-7-9-26(30)3/h4-16,23,25,31H,17-22,24H2,1-3H3,(H,43,44)(H2,38,39,46). The molecule has 0 saturated carbocycles. The molecule has 0 radical (unpaired) electrons. The third-order valence-corrected chi connectivity index (χ3v) is 8.70. The van der Waals surface area contributed by atoms with Crippen molar-refractivity contribution in [2.45, 2.75) is 58.0 Å². The Hall–Kier alpha value is -5.32. The van der Waals surface area contributed by atoms with E-state index in [1.54, 1.807) is 34.1 Å². The fourth-order valence-electron chi connectivity index (χ4n) is 6.39. The molecule has 5 rings (SSSR count). The molecule has 1 fully saturated rings. The summed E-state index contributed by atoms with van der Waals surface area (Å²) in [6, 6.07) is 22.7. The maximum atomic E-state index is 14.5. The molecule has 3 aromatic carbocycles. The van der Waals surface area contributed by atoms with Crippen molar-refractivity contribution < 1.29 is 33.8 Å². The van der Waals surface area contributed by atoms with Gasteiger partial charge in [0, 0.05) is 30.9 Å². The van der Waals surface area contributed by atoms with Gasteiger partial charge in [0.2, 0.25) is 18.6 Å². The van der Waals surface area contributed by atoms with E-state index in [9.17, 15) is 24.3 Å². The second kappa shape index (κ2) is 15.1. The molecule has 0 aliphatic carbocycles. The van der Waals surface area contributed by atoms with E-state index in [-0.39, 0.29) is 62.2 Å². The molecule has 2 atom stereocenters. The molecule has 252 valence electrons. The van der Waals surface area contributed by atoms with E-state index < -0.39 is 24.0 Å². The molecule has 11 heteroatoms.